The number of nitrogens with zero attached hydrogens (tertiary/aromatic N) is 2. The van der Waals surface area contributed by atoms with Crippen LogP contribution in [-0.2, 0) is 35.1 Å². The van der Waals surface area contributed by atoms with Gasteiger partial charge in [0.15, 0.2) is 0 Å². The van der Waals surface area contributed by atoms with Crippen molar-refractivity contribution in [2.45, 2.75) is 80.1 Å². The van der Waals surface area contributed by atoms with E-state index in [2.05, 4.69) is 15.3 Å². The van der Waals surface area contributed by atoms with E-state index in [1.807, 2.05) is 52.8 Å². The molecule has 10 nitrogen and oxygen atoms in total. The maximum absolute atomic E-state index is 12.4. The number of carbonyl (C=O) groups is 4. The van der Waals surface area contributed by atoms with Crippen molar-refractivity contribution in [3.05, 3.63) is 67.2 Å². The normalized spacial score (nSPS) is 20.2. The number of esters is 2. The van der Waals surface area contributed by atoms with Crippen LogP contribution in [0.3, 0.4) is 0 Å². The number of carbonyl (C=O) groups excluding carboxylic acids is 4. The van der Waals surface area contributed by atoms with Gasteiger partial charge in [0.05, 0.1) is 37.3 Å². The molecule has 3 aliphatic heterocycles. The smallest absolute Gasteiger partial charge is 0.305 e. The van der Waals surface area contributed by atoms with Crippen molar-refractivity contribution >= 4 is 47.3 Å². The third-order valence-corrected chi connectivity index (χ3v) is 8.85. The molecule has 10 heteroatoms. The Morgan fingerprint density at radius 3 is 2.09 bits per heavy atom. The van der Waals surface area contributed by atoms with Crippen LogP contribution in [0.15, 0.2) is 55.3 Å². The summed E-state index contributed by atoms with van der Waals surface area (Å²) in [5, 5.41) is 4.58. The zero-order valence-electron chi connectivity index (χ0n) is 27.4. The molecule has 1 aromatic rings. The molecule has 0 aromatic carbocycles. The van der Waals surface area contributed by atoms with E-state index >= 15 is 0 Å². The highest BCUT2D eigenvalue weighted by molar-refractivity contribution is 6.26. The number of aromatic amines is 1. The van der Waals surface area contributed by atoms with Crippen LogP contribution in [0.2, 0.25) is 0 Å². The molecule has 0 radical (unpaired) electrons. The summed E-state index contributed by atoms with van der Waals surface area (Å²) < 4.78 is 9.82. The quantitative estimate of drug-likeness (QED) is 0.364. The molecular formula is C35H42N4O6. The molecule has 2 N–H and O–H groups in total. The minimum Gasteiger partial charge on any atom is -0.469 e. The fourth-order valence-corrected chi connectivity index (χ4v) is 6.03. The van der Waals surface area contributed by atoms with Crippen molar-refractivity contribution < 1.29 is 28.7 Å². The van der Waals surface area contributed by atoms with Gasteiger partial charge in [0.2, 0.25) is 5.91 Å². The number of H-pyrrole nitrogens is 1. The lowest BCUT2D eigenvalue weighted by molar-refractivity contribution is -0.141. The van der Waals surface area contributed by atoms with E-state index in [1.165, 1.54) is 14.2 Å². The van der Waals surface area contributed by atoms with Gasteiger partial charge >= 0.3 is 11.9 Å². The fraction of sp³-hybridized carbons (Fsp3) is 0.429. The van der Waals surface area contributed by atoms with E-state index < -0.39 is 0 Å². The van der Waals surface area contributed by atoms with Crippen molar-refractivity contribution in [3.8, 4) is 0 Å². The fourth-order valence-electron chi connectivity index (χ4n) is 6.03. The molecule has 1 aromatic heterocycles. The van der Waals surface area contributed by atoms with Gasteiger partial charge in [0, 0.05) is 34.8 Å². The van der Waals surface area contributed by atoms with Gasteiger partial charge in [-0.2, -0.15) is 0 Å². The SMILES string of the molecule is CCC1=C(C)C(=O)N=C1/C=C1N=C(/C=c2\[nH]c(=CC3=C(CC)C(C)C(=O)N3)c(C)c2CCC(=O)OC)C(CCC(=O)OC)=C/1C. The molecule has 0 bridgehead atoms. The van der Waals surface area contributed by atoms with Crippen LogP contribution in [0, 0.1) is 12.8 Å². The molecule has 0 saturated heterocycles. The molecule has 1 atom stereocenters. The second kappa shape index (κ2) is 14.0. The first-order chi connectivity index (χ1) is 21.4. The van der Waals surface area contributed by atoms with Crippen molar-refractivity contribution in [3.63, 3.8) is 0 Å². The molecule has 0 saturated carbocycles. The summed E-state index contributed by atoms with van der Waals surface area (Å²) in [5.74, 6) is -1.12. The number of ether oxygens (including phenoxy) is 2. The van der Waals surface area contributed by atoms with Crippen LogP contribution in [-0.4, -0.2) is 54.4 Å². The second-order valence-corrected chi connectivity index (χ2v) is 11.4. The Balaban J connectivity index is 1.89. The van der Waals surface area contributed by atoms with Gasteiger partial charge in [-0.05, 0) is 105 Å². The summed E-state index contributed by atoms with van der Waals surface area (Å²) in [5.41, 5.74) is 8.91. The molecule has 2 amide bonds. The van der Waals surface area contributed by atoms with Crippen LogP contribution in [0.5, 0.6) is 0 Å². The number of amides is 2. The molecule has 0 fully saturated rings. The number of hydrogen-bond acceptors (Lipinski definition) is 7. The predicted molar refractivity (Wildman–Crippen MR) is 174 cm³/mol. The van der Waals surface area contributed by atoms with E-state index in [1.54, 1.807) is 6.92 Å². The highest BCUT2D eigenvalue weighted by Crippen LogP contribution is 2.31. The lowest BCUT2D eigenvalue weighted by Gasteiger charge is -2.05. The zero-order valence-corrected chi connectivity index (χ0v) is 27.4. The summed E-state index contributed by atoms with van der Waals surface area (Å²) in [6, 6.07) is 0. The van der Waals surface area contributed by atoms with Crippen LogP contribution in [0.1, 0.15) is 77.8 Å². The van der Waals surface area contributed by atoms with Crippen LogP contribution < -0.4 is 16.0 Å². The third-order valence-electron chi connectivity index (χ3n) is 8.85. The van der Waals surface area contributed by atoms with Gasteiger partial charge < -0.3 is 19.8 Å². The Bertz CT molecular complexity index is 1780. The first-order valence-electron chi connectivity index (χ1n) is 15.4. The van der Waals surface area contributed by atoms with E-state index in [0.29, 0.717) is 42.0 Å². The van der Waals surface area contributed by atoms with Gasteiger partial charge in [0.1, 0.15) is 0 Å². The van der Waals surface area contributed by atoms with E-state index in [4.69, 9.17) is 14.5 Å². The Morgan fingerprint density at radius 2 is 1.47 bits per heavy atom. The molecule has 1 unspecified atom stereocenters. The van der Waals surface area contributed by atoms with Crippen LogP contribution in [0.4, 0.5) is 0 Å². The molecule has 4 heterocycles. The molecule has 45 heavy (non-hydrogen) atoms. The largest absolute Gasteiger partial charge is 0.469 e. The maximum Gasteiger partial charge on any atom is 0.305 e. The van der Waals surface area contributed by atoms with Crippen molar-refractivity contribution in [1.29, 1.82) is 0 Å². The maximum atomic E-state index is 12.4. The molecular weight excluding hydrogens is 572 g/mol. The number of aromatic nitrogens is 1. The summed E-state index contributed by atoms with van der Waals surface area (Å²) >= 11 is 0. The topological polar surface area (TPSA) is 139 Å². The van der Waals surface area contributed by atoms with Crippen molar-refractivity contribution in [2.24, 2.45) is 15.9 Å². The van der Waals surface area contributed by atoms with Crippen LogP contribution >= 0.6 is 0 Å². The van der Waals surface area contributed by atoms with Gasteiger partial charge in [-0.25, -0.2) is 9.98 Å². The number of hydrogen-bond donors (Lipinski definition) is 2. The van der Waals surface area contributed by atoms with E-state index in [0.717, 1.165) is 56.2 Å². The highest BCUT2D eigenvalue weighted by atomic mass is 16.5. The summed E-state index contributed by atoms with van der Waals surface area (Å²) in [6.45, 7) is 11.6. The zero-order chi connectivity index (χ0) is 33.0. The van der Waals surface area contributed by atoms with Gasteiger partial charge in [-0.3, -0.25) is 19.2 Å². The minimum absolute atomic E-state index is 0.0275. The summed E-state index contributed by atoms with van der Waals surface area (Å²) in [7, 11) is 2.73. The third kappa shape index (κ3) is 6.90. The minimum atomic E-state index is -0.330. The monoisotopic (exact) mass is 614 g/mol. The number of aliphatic imine (C=N–C) groups is 2. The molecule has 4 rings (SSSR count). The standard InChI is InChI=1S/C35H42N4O6/c1-9-22-20(5)34(42)38-28(22)15-26-18(3)24(11-13-32(40)44-7)30(36-26)17-31-25(12-14-33(41)45-8)19(4)27(37-31)16-29-23(10-2)21(6)35(43)39-29/h15-17,20,36H,9-14H2,1-8H3,(H,38,42)/b26-15?,27-16+,30-17-. The highest BCUT2D eigenvalue weighted by Gasteiger charge is 2.28. The van der Waals surface area contributed by atoms with E-state index in [-0.39, 0.29) is 42.5 Å². The number of methoxy groups -OCH3 is 2. The molecule has 0 aliphatic carbocycles. The Labute approximate surface area is 263 Å². The lowest BCUT2D eigenvalue weighted by atomic mass is 9.98. The average Bonchev–Trinajstić information content (AvgIpc) is 3.67. The summed E-state index contributed by atoms with van der Waals surface area (Å²) in [6.07, 6.45) is 8.31. The number of nitrogens with one attached hydrogen (secondary N) is 2. The first-order valence-corrected chi connectivity index (χ1v) is 15.4. The molecule has 238 valence electrons. The Morgan fingerprint density at radius 1 is 0.822 bits per heavy atom. The number of allylic oxidation sites excluding steroid dienone is 5. The Hall–Kier alpha value is -4.60. The van der Waals surface area contributed by atoms with Crippen molar-refractivity contribution in [1.82, 2.24) is 10.3 Å². The first kappa shape index (κ1) is 33.3. The number of rotatable bonds is 11. The van der Waals surface area contributed by atoms with Crippen molar-refractivity contribution in [2.75, 3.05) is 14.2 Å². The van der Waals surface area contributed by atoms with E-state index in [9.17, 15) is 19.2 Å². The average molecular weight is 615 g/mol. The summed E-state index contributed by atoms with van der Waals surface area (Å²) in [4.78, 5) is 61.8. The predicted octanol–water partition coefficient (Wildman–Crippen LogP) is 3.74. The molecule has 0 spiro atoms. The van der Waals surface area contributed by atoms with Gasteiger partial charge in [0.25, 0.3) is 5.91 Å². The van der Waals surface area contributed by atoms with Gasteiger partial charge in [-0.1, -0.05) is 13.8 Å². The van der Waals surface area contributed by atoms with Gasteiger partial charge in [-0.15, -0.1) is 0 Å². The molecule has 3 aliphatic rings. The Kier molecular flexibility index (Phi) is 10.4. The second-order valence-electron chi connectivity index (χ2n) is 11.4. The van der Waals surface area contributed by atoms with Crippen LogP contribution in [0.25, 0.3) is 12.2 Å². The lowest BCUT2D eigenvalue weighted by Crippen LogP contribution is -2.21.